The Hall–Kier alpha value is -1.41. The minimum Gasteiger partial charge on any atom is -0.288 e. The molecule has 0 saturated carbocycles. The zero-order chi connectivity index (χ0) is 12.3. The van der Waals surface area contributed by atoms with Gasteiger partial charge in [0.1, 0.15) is 0 Å². The average molecular weight is 244 g/mol. The summed E-state index contributed by atoms with van der Waals surface area (Å²) in [6.45, 7) is 4.20. The SMILES string of the molecule is CCc1ccc(C(=O)c2sccc2CC)cc1. The van der Waals surface area contributed by atoms with Gasteiger partial charge in [0.05, 0.1) is 4.88 Å². The highest BCUT2D eigenvalue weighted by Gasteiger charge is 2.13. The van der Waals surface area contributed by atoms with Gasteiger partial charge in [0.25, 0.3) is 0 Å². The van der Waals surface area contributed by atoms with E-state index in [1.54, 1.807) is 0 Å². The van der Waals surface area contributed by atoms with Crippen molar-refractivity contribution in [1.29, 1.82) is 0 Å². The van der Waals surface area contributed by atoms with Crippen molar-refractivity contribution in [3.8, 4) is 0 Å². The number of rotatable bonds is 4. The lowest BCUT2D eigenvalue weighted by molar-refractivity contribution is 0.104. The molecular weight excluding hydrogens is 228 g/mol. The summed E-state index contributed by atoms with van der Waals surface area (Å²) in [6.07, 6.45) is 1.92. The maximum Gasteiger partial charge on any atom is 0.203 e. The highest BCUT2D eigenvalue weighted by atomic mass is 32.1. The molecule has 0 bridgehead atoms. The van der Waals surface area contributed by atoms with E-state index in [9.17, 15) is 4.79 Å². The van der Waals surface area contributed by atoms with Crippen LogP contribution in [-0.4, -0.2) is 5.78 Å². The van der Waals surface area contributed by atoms with Crippen molar-refractivity contribution in [2.24, 2.45) is 0 Å². The van der Waals surface area contributed by atoms with Gasteiger partial charge in [-0.05, 0) is 35.4 Å². The summed E-state index contributed by atoms with van der Waals surface area (Å²) in [5, 5.41) is 1.99. The molecule has 0 fully saturated rings. The second-order valence-electron chi connectivity index (χ2n) is 4.01. The van der Waals surface area contributed by atoms with Crippen LogP contribution in [0.1, 0.15) is 40.2 Å². The smallest absolute Gasteiger partial charge is 0.203 e. The summed E-state index contributed by atoms with van der Waals surface area (Å²) in [6, 6.07) is 9.97. The number of ketones is 1. The Labute approximate surface area is 106 Å². The second-order valence-corrected chi connectivity index (χ2v) is 4.92. The molecule has 0 aliphatic heterocycles. The standard InChI is InChI=1S/C15H16OS/c1-3-11-5-7-13(8-6-11)14(16)15-12(4-2)9-10-17-15/h5-10H,3-4H2,1-2H3. The molecule has 1 nitrogen and oxygen atoms in total. The summed E-state index contributed by atoms with van der Waals surface area (Å²) in [7, 11) is 0. The van der Waals surface area contributed by atoms with Gasteiger partial charge in [-0.3, -0.25) is 4.79 Å². The molecule has 1 aromatic heterocycles. The highest BCUT2D eigenvalue weighted by Crippen LogP contribution is 2.21. The average Bonchev–Trinajstić information content (AvgIpc) is 2.86. The molecule has 2 heteroatoms. The van der Waals surface area contributed by atoms with Crippen molar-refractivity contribution in [3.05, 3.63) is 57.3 Å². The second kappa shape index (κ2) is 5.28. The molecule has 1 aromatic carbocycles. The molecule has 0 aliphatic carbocycles. The van der Waals surface area contributed by atoms with Crippen LogP contribution >= 0.6 is 11.3 Å². The van der Waals surface area contributed by atoms with Crippen molar-refractivity contribution in [2.75, 3.05) is 0 Å². The number of hydrogen-bond acceptors (Lipinski definition) is 2. The lowest BCUT2D eigenvalue weighted by atomic mass is 10.0. The van der Waals surface area contributed by atoms with Crippen LogP contribution in [0.25, 0.3) is 0 Å². The topological polar surface area (TPSA) is 17.1 Å². The Morgan fingerprint density at radius 3 is 2.35 bits per heavy atom. The molecular formula is C15H16OS. The Morgan fingerprint density at radius 2 is 1.76 bits per heavy atom. The fourth-order valence-electron chi connectivity index (χ4n) is 1.84. The Bertz CT molecular complexity index is 508. The van der Waals surface area contributed by atoms with Gasteiger partial charge >= 0.3 is 0 Å². The van der Waals surface area contributed by atoms with Crippen LogP contribution in [0.2, 0.25) is 0 Å². The number of benzene rings is 1. The molecule has 0 atom stereocenters. The minimum absolute atomic E-state index is 0.152. The van der Waals surface area contributed by atoms with Gasteiger partial charge in [-0.25, -0.2) is 0 Å². The van der Waals surface area contributed by atoms with Gasteiger partial charge in [-0.15, -0.1) is 11.3 Å². The maximum atomic E-state index is 12.3. The van der Waals surface area contributed by atoms with Crippen molar-refractivity contribution < 1.29 is 4.79 Å². The normalized spacial score (nSPS) is 10.5. The third kappa shape index (κ3) is 2.47. The number of carbonyl (C=O) groups is 1. The predicted molar refractivity (Wildman–Crippen MR) is 72.9 cm³/mol. The highest BCUT2D eigenvalue weighted by molar-refractivity contribution is 7.12. The number of carbonyl (C=O) groups excluding carboxylic acids is 1. The number of thiophene rings is 1. The zero-order valence-corrected chi connectivity index (χ0v) is 11.0. The molecule has 0 N–H and O–H groups in total. The number of aryl methyl sites for hydroxylation is 2. The molecule has 2 rings (SSSR count). The molecule has 0 radical (unpaired) electrons. The van der Waals surface area contributed by atoms with Crippen molar-refractivity contribution in [2.45, 2.75) is 26.7 Å². The van der Waals surface area contributed by atoms with Crippen LogP contribution in [0.15, 0.2) is 35.7 Å². The fraction of sp³-hybridized carbons (Fsp3) is 0.267. The largest absolute Gasteiger partial charge is 0.288 e. The van der Waals surface area contributed by atoms with E-state index in [0.717, 1.165) is 28.8 Å². The molecule has 0 unspecified atom stereocenters. The molecule has 0 aliphatic rings. The van der Waals surface area contributed by atoms with Crippen molar-refractivity contribution >= 4 is 17.1 Å². The van der Waals surface area contributed by atoms with Gasteiger partial charge in [0.2, 0.25) is 5.78 Å². The summed E-state index contributed by atoms with van der Waals surface area (Å²) in [5.41, 5.74) is 3.21. The van der Waals surface area contributed by atoms with E-state index < -0.39 is 0 Å². The third-order valence-corrected chi connectivity index (χ3v) is 3.91. The lowest BCUT2D eigenvalue weighted by Crippen LogP contribution is -2.01. The van der Waals surface area contributed by atoms with E-state index in [0.29, 0.717) is 0 Å². The third-order valence-electron chi connectivity index (χ3n) is 2.96. The van der Waals surface area contributed by atoms with E-state index in [-0.39, 0.29) is 5.78 Å². The Morgan fingerprint density at radius 1 is 1.06 bits per heavy atom. The molecule has 0 saturated heterocycles. The van der Waals surface area contributed by atoms with E-state index in [2.05, 4.69) is 13.8 Å². The van der Waals surface area contributed by atoms with Crippen LogP contribution in [0, 0.1) is 0 Å². The molecule has 2 aromatic rings. The van der Waals surface area contributed by atoms with E-state index in [1.165, 1.54) is 16.9 Å². The zero-order valence-electron chi connectivity index (χ0n) is 10.2. The first kappa shape index (κ1) is 12.1. The lowest BCUT2D eigenvalue weighted by Gasteiger charge is -2.02. The van der Waals surface area contributed by atoms with Crippen LogP contribution in [0.4, 0.5) is 0 Å². The molecule has 17 heavy (non-hydrogen) atoms. The minimum atomic E-state index is 0.152. The first-order valence-electron chi connectivity index (χ1n) is 5.96. The van der Waals surface area contributed by atoms with E-state index >= 15 is 0 Å². The summed E-state index contributed by atoms with van der Waals surface area (Å²) < 4.78 is 0. The Balaban J connectivity index is 2.30. The van der Waals surface area contributed by atoms with Crippen molar-refractivity contribution in [1.82, 2.24) is 0 Å². The predicted octanol–water partition coefficient (Wildman–Crippen LogP) is 4.10. The van der Waals surface area contributed by atoms with Gasteiger partial charge in [0.15, 0.2) is 0 Å². The van der Waals surface area contributed by atoms with Gasteiger partial charge in [-0.2, -0.15) is 0 Å². The van der Waals surface area contributed by atoms with E-state index in [4.69, 9.17) is 0 Å². The number of hydrogen-bond donors (Lipinski definition) is 0. The first-order chi connectivity index (χ1) is 8.26. The van der Waals surface area contributed by atoms with Crippen molar-refractivity contribution in [3.63, 3.8) is 0 Å². The summed E-state index contributed by atoms with van der Waals surface area (Å²) in [4.78, 5) is 13.2. The molecule has 88 valence electrons. The van der Waals surface area contributed by atoms with Crippen LogP contribution in [0.3, 0.4) is 0 Å². The maximum absolute atomic E-state index is 12.3. The quantitative estimate of drug-likeness (QED) is 0.740. The fourth-order valence-corrected chi connectivity index (χ4v) is 2.79. The molecule has 1 heterocycles. The van der Waals surface area contributed by atoms with Crippen LogP contribution < -0.4 is 0 Å². The van der Waals surface area contributed by atoms with E-state index in [1.807, 2.05) is 35.7 Å². The molecule has 0 spiro atoms. The molecule has 0 amide bonds. The Kier molecular flexibility index (Phi) is 3.75. The van der Waals surface area contributed by atoms with Gasteiger partial charge in [0, 0.05) is 5.56 Å². The van der Waals surface area contributed by atoms with Crippen LogP contribution in [0.5, 0.6) is 0 Å². The van der Waals surface area contributed by atoms with Crippen LogP contribution in [-0.2, 0) is 12.8 Å². The summed E-state index contributed by atoms with van der Waals surface area (Å²) in [5.74, 6) is 0.152. The first-order valence-corrected chi connectivity index (χ1v) is 6.84. The van der Waals surface area contributed by atoms with Gasteiger partial charge in [-0.1, -0.05) is 38.1 Å². The summed E-state index contributed by atoms with van der Waals surface area (Å²) >= 11 is 1.54. The monoisotopic (exact) mass is 244 g/mol. The van der Waals surface area contributed by atoms with Gasteiger partial charge < -0.3 is 0 Å².